The molecule has 5 aliphatic heterocycles. The summed E-state index contributed by atoms with van der Waals surface area (Å²) in [6.07, 6.45) is 0.251. The monoisotopic (exact) mass is 481 g/mol. The van der Waals surface area contributed by atoms with Gasteiger partial charge in [-0.1, -0.05) is 37.5 Å². The fourth-order valence-corrected chi connectivity index (χ4v) is 8.69. The molecule has 0 radical (unpaired) electrons. The first-order valence-corrected chi connectivity index (χ1v) is 11.6. The van der Waals surface area contributed by atoms with E-state index < -0.39 is 21.2 Å². The number of rotatable bonds is 1. The molecule has 1 spiro atoms. The molecule has 2 unspecified atom stereocenters. The molecule has 6 rings (SSSR count). The molecule has 146 valence electrons. The highest BCUT2D eigenvalue weighted by molar-refractivity contribution is 9.10. The number of halogens is 1. The Morgan fingerprint density at radius 2 is 2.00 bits per heavy atom. The molecule has 2 bridgehead atoms. The van der Waals surface area contributed by atoms with E-state index in [1.807, 2.05) is 13.0 Å². The fourth-order valence-electron chi connectivity index (χ4n) is 4.58. The number of benzene rings is 1. The van der Waals surface area contributed by atoms with E-state index in [9.17, 15) is 14.9 Å². The Bertz CT molecular complexity index is 1000. The van der Waals surface area contributed by atoms with E-state index in [0.29, 0.717) is 17.1 Å². The molecule has 4 fully saturated rings. The molecule has 1 aromatic rings. The second-order valence-corrected chi connectivity index (χ2v) is 11.4. The standard InChI is InChI=1S/C18H16BrN3O4S2/c1-16(7-20)6-18-15(24)21(3)17(2,27-28-18)14(23)22(18)13(16)11-9(19)4-5-10-12(11)26-8-25-10/h4-5,13H,6,8H2,1-3H3/t13?,16-,17?,18-/m1/s1. The van der Waals surface area contributed by atoms with Crippen molar-refractivity contribution in [2.24, 2.45) is 5.41 Å². The quantitative estimate of drug-likeness (QED) is 0.569. The van der Waals surface area contributed by atoms with Crippen LogP contribution in [0.25, 0.3) is 0 Å². The van der Waals surface area contributed by atoms with Crippen LogP contribution in [0.15, 0.2) is 16.6 Å². The molecule has 2 amide bonds. The van der Waals surface area contributed by atoms with Crippen molar-refractivity contribution in [1.82, 2.24) is 9.80 Å². The third kappa shape index (κ3) is 1.93. The van der Waals surface area contributed by atoms with Crippen molar-refractivity contribution in [1.29, 1.82) is 5.26 Å². The van der Waals surface area contributed by atoms with Crippen LogP contribution in [-0.2, 0) is 9.59 Å². The zero-order valence-electron chi connectivity index (χ0n) is 15.3. The van der Waals surface area contributed by atoms with Crippen LogP contribution in [-0.4, -0.2) is 45.2 Å². The molecule has 0 aliphatic carbocycles. The van der Waals surface area contributed by atoms with Crippen molar-refractivity contribution in [3.05, 3.63) is 22.2 Å². The lowest BCUT2D eigenvalue weighted by Crippen LogP contribution is -2.73. The summed E-state index contributed by atoms with van der Waals surface area (Å²) < 4.78 is 12.0. The number of ether oxygens (including phenoxy) is 2. The maximum atomic E-state index is 13.6. The van der Waals surface area contributed by atoms with E-state index >= 15 is 0 Å². The van der Waals surface area contributed by atoms with Gasteiger partial charge in [-0.2, -0.15) is 5.26 Å². The summed E-state index contributed by atoms with van der Waals surface area (Å²) in [5.74, 6) is 0.801. The Kier molecular flexibility index (Phi) is 3.64. The average Bonchev–Trinajstić information content (AvgIpc) is 3.24. The van der Waals surface area contributed by atoms with Crippen molar-refractivity contribution < 1.29 is 19.1 Å². The summed E-state index contributed by atoms with van der Waals surface area (Å²) in [4.78, 5) is 28.1. The maximum Gasteiger partial charge on any atom is 0.261 e. The number of piperazine rings is 1. The lowest BCUT2D eigenvalue weighted by Gasteiger charge is -2.57. The van der Waals surface area contributed by atoms with Crippen LogP contribution in [0.4, 0.5) is 0 Å². The van der Waals surface area contributed by atoms with Crippen molar-refractivity contribution in [2.45, 2.75) is 36.1 Å². The highest BCUT2D eigenvalue weighted by atomic mass is 79.9. The average molecular weight is 482 g/mol. The van der Waals surface area contributed by atoms with Gasteiger partial charge < -0.3 is 19.3 Å². The predicted molar refractivity (Wildman–Crippen MR) is 107 cm³/mol. The number of hydrogen-bond acceptors (Lipinski definition) is 7. The Labute approximate surface area is 178 Å². The lowest BCUT2D eigenvalue weighted by atomic mass is 9.79. The molecule has 10 heteroatoms. The van der Waals surface area contributed by atoms with Gasteiger partial charge in [0.2, 0.25) is 6.79 Å². The van der Waals surface area contributed by atoms with Crippen molar-refractivity contribution in [2.75, 3.05) is 13.8 Å². The van der Waals surface area contributed by atoms with Crippen LogP contribution in [0.3, 0.4) is 0 Å². The Hall–Kier alpha value is -1.57. The molecular formula is C18H16BrN3O4S2. The largest absolute Gasteiger partial charge is 0.454 e. The van der Waals surface area contributed by atoms with E-state index in [-0.39, 0.29) is 25.0 Å². The van der Waals surface area contributed by atoms with Crippen molar-refractivity contribution in [3.63, 3.8) is 0 Å². The fraction of sp³-hybridized carbons (Fsp3) is 0.500. The van der Waals surface area contributed by atoms with Gasteiger partial charge in [0.1, 0.15) is 0 Å². The number of likely N-dealkylation sites (N-methyl/N-ethyl adjacent to an activating group) is 1. The lowest BCUT2D eigenvalue weighted by molar-refractivity contribution is -0.164. The van der Waals surface area contributed by atoms with Gasteiger partial charge in [-0.05, 0) is 26.0 Å². The first-order valence-electron chi connectivity index (χ1n) is 8.68. The number of nitrogens with zero attached hydrogens (tertiary/aromatic N) is 3. The highest BCUT2D eigenvalue weighted by Gasteiger charge is 2.75. The highest BCUT2D eigenvalue weighted by Crippen LogP contribution is 2.70. The van der Waals surface area contributed by atoms with Gasteiger partial charge in [0, 0.05) is 23.5 Å². The van der Waals surface area contributed by atoms with Gasteiger partial charge in [-0.15, -0.1) is 0 Å². The third-order valence-corrected chi connectivity index (χ3v) is 10.5. The number of amides is 2. The normalized spacial score (nSPS) is 38.0. The molecule has 0 aromatic heterocycles. The van der Waals surface area contributed by atoms with Crippen LogP contribution in [0, 0.1) is 16.7 Å². The number of carbonyl (C=O) groups is 2. The Morgan fingerprint density at radius 3 is 2.71 bits per heavy atom. The van der Waals surface area contributed by atoms with Gasteiger partial charge in [0.15, 0.2) is 21.2 Å². The molecule has 0 saturated carbocycles. The molecular weight excluding hydrogens is 466 g/mol. The summed E-state index contributed by atoms with van der Waals surface area (Å²) in [6, 6.07) is 5.39. The molecule has 28 heavy (non-hydrogen) atoms. The first kappa shape index (κ1) is 18.5. The van der Waals surface area contributed by atoms with Gasteiger partial charge in [0.25, 0.3) is 11.8 Å². The number of carbonyl (C=O) groups excluding carboxylic acids is 2. The van der Waals surface area contributed by atoms with E-state index in [2.05, 4.69) is 22.0 Å². The summed E-state index contributed by atoms with van der Waals surface area (Å²) in [6.45, 7) is 3.66. The molecule has 0 N–H and O–H groups in total. The summed E-state index contributed by atoms with van der Waals surface area (Å²) in [7, 11) is 4.45. The zero-order valence-corrected chi connectivity index (χ0v) is 18.5. The van der Waals surface area contributed by atoms with Crippen LogP contribution < -0.4 is 9.47 Å². The Morgan fingerprint density at radius 1 is 1.25 bits per heavy atom. The summed E-state index contributed by atoms with van der Waals surface area (Å²) in [5.41, 5.74) is -0.291. The van der Waals surface area contributed by atoms with Crippen molar-refractivity contribution >= 4 is 49.3 Å². The predicted octanol–water partition coefficient (Wildman–Crippen LogP) is 3.26. The second-order valence-electron chi connectivity index (χ2n) is 7.78. The molecule has 5 heterocycles. The summed E-state index contributed by atoms with van der Waals surface area (Å²) >= 11 is 3.58. The molecule has 5 aliphatic rings. The minimum Gasteiger partial charge on any atom is -0.454 e. The second kappa shape index (κ2) is 5.52. The topological polar surface area (TPSA) is 82.9 Å². The summed E-state index contributed by atoms with van der Waals surface area (Å²) in [5, 5.41) is 10.2. The van der Waals surface area contributed by atoms with E-state index in [1.54, 1.807) is 24.9 Å². The minimum absolute atomic E-state index is 0.0812. The van der Waals surface area contributed by atoms with Gasteiger partial charge in [0.05, 0.1) is 17.5 Å². The minimum atomic E-state index is -1.11. The number of hydrogen-bond donors (Lipinski definition) is 0. The molecule has 4 saturated heterocycles. The van der Waals surface area contributed by atoms with E-state index in [0.717, 1.165) is 4.47 Å². The van der Waals surface area contributed by atoms with E-state index in [4.69, 9.17) is 9.47 Å². The van der Waals surface area contributed by atoms with Crippen LogP contribution >= 0.6 is 37.5 Å². The third-order valence-electron chi connectivity index (χ3n) is 6.15. The van der Waals surface area contributed by atoms with Gasteiger partial charge in [-0.3, -0.25) is 9.59 Å². The van der Waals surface area contributed by atoms with Gasteiger partial charge >= 0.3 is 0 Å². The van der Waals surface area contributed by atoms with Crippen LogP contribution in [0.1, 0.15) is 31.9 Å². The van der Waals surface area contributed by atoms with Crippen molar-refractivity contribution in [3.8, 4) is 17.6 Å². The zero-order chi connectivity index (χ0) is 20.1. The molecule has 1 aromatic carbocycles. The maximum absolute atomic E-state index is 13.6. The van der Waals surface area contributed by atoms with E-state index in [1.165, 1.54) is 26.5 Å². The van der Waals surface area contributed by atoms with Gasteiger partial charge in [-0.25, -0.2) is 0 Å². The number of fused-ring (bicyclic) bond motifs is 3. The smallest absolute Gasteiger partial charge is 0.261 e. The van der Waals surface area contributed by atoms with Crippen LogP contribution in [0.2, 0.25) is 0 Å². The first-order chi connectivity index (χ1) is 13.2. The molecule has 4 atom stereocenters. The molecule has 7 nitrogen and oxygen atoms in total. The number of nitriles is 1. The van der Waals surface area contributed by atoms with Crippen LogP contribution in [0.5, 0.6) is 11.5 Å². The Balaban J connectivity index is 1.78. The SMILES string of the molecule is CN1C(=O)[C@]23C[C@](C)(C#N)C(c4c(Br)ccc5c4OCO5)N2C(=O)C1(C)SS3.